The minimum atomic E-state index is -1.41. The van der Waals surface area contributed by atoms with Crippen LogP contribution >= 0.6 is 11.8 Å². The second-order valence-corrected chi connectivity index (χ2v) is 9.48. The first-order chi connectivity index (χ1) is 14.6. The van der Waals surface area contributed by atoms with Crippen molar-refractivity contribution in [2.75, 3.05) is 7.05 Å². The van der Waals surface area contributed by atoms with E-state index in [-0.39, 0.29) is 5.91 Å². The zero-order chi connectivity index (χ0) is 22.9. The molecule has 0 bridgehead atoms. The molecule has 31 heavy (non-hydrogen) atoms. The van der Waals surface area contributed by atoms with E-state index in [1.54, 1.807) is 20.9 Å². The third-order valence-corrected chi connectivity index (χ3v) is 6.73. The minimum absolute atomic E-state index is 0.357. The minimum Gasteiger partial charge on any atom is -0.434 e. The lowest BCUT2D eigenvalue weighted by molar-refractivity contribution is -0.777. The van der Waals surface area contributed by atoms with Crippen molar-refractivity contribution in [3.05, 3.63) is 46.0 Å². The number of thioether (sulfide) groups is 1. The Bertz CT molecular complexity index is 881. The molecule has 2 aliphatic rings. The molecule has 3 rings (SSSR count). The van der Waals surface area contributed by atoms with Gasteiger partial charge in [0.05, 0.1) is 0 Å². The fourth-order valence-electron chi connectivity index (χ4n) is 3.83. The highest BCUT2D eigenvalue weighted by Crippen LogP contribution is 2.51. The number of ether oxygens (including phenoxy) is 1. The molecule has 168 valence electrons. The van der Waals surface area contributed by atoms with Crippen LogP contribution in [-0.4, -0.2) is 63.3 Å². The number of carbonyl (C=O) groups is 3. The van der Waals surface area contributed by atoms with Gasteiger partial charge in [0.25, 0.3) is 5.09 Å². The summed E-state index contributed by atoms with van der Waals surface area (Å²) in [5.74, 6) is -1.57. The van der Waals surface area contributed by atoms with Crippen LogP contribution in [0, 0.1) is 10.1 Å². The standard InChI is InChI=1S/C19H24N4O7S/c1-10(30-23(27)28)29-18(26)14-19(2,3)31-17-13(16(25)22(14)17)21-15(24)12(20-4)11-8-6-5-7-9-11/h5-10,12-14,17,20H,1-4H3,(H,21,24)/t10?,12-,13-,14?,17-/m1/s1. The smallest absolute Gasteiger partial charge is 0.332 e. The SMILES string of the molecule is CN[C@@H](C(=O)N[C@@H]1C(=O)N2C(C(=O)OC(C)O[N+](=O)[O-])C(C)(C)S[C@H]12)c1ccccc1. The first-order valence-electron chi connectivity index (χ1n) is 9.61. The molecule has 11 nitrogen and oxygen atoms in total. The number of amides is 2. The van der Waals surface area contributed by atoms with E-state index >= 15 is 0 Å². The molecule has 2 unspecified atom stereocenters. The Morgan fingerprint density at radius 3 is 2.52 bits per heavy atom. The quantitative estimate of drug-likeness (QED) is 0.191. The van der Waals surface area contributed by atoms with Gasteiger partial charge >= 0.3 is 5.97 Å². The summed E-state index contributed by atoms with van der Waals surface area (Å²) in [5, 5.41) is 14.6. The topological polar surface area (TPSA) is 140 Å². The van der Waals surface area contributed by atoms with Crippen LogP contribution in [0.4, 0.5) is 0 Å². The normalized spacial score (nSPS) is 25.6. The second kappa shape index (κ2) is 8.71. The zero-order valence-corrected chi connectivity index (χ0v) is 18.3. The number of nitrogens with one attached hydrogen (secondary N) is 2. The van der Waals surface area contributed by atoms with Gasteiger partial charge in [-0.05, 0) is 33.4 Å². The van der Waals surface area contributed by atoms with Crippen molar-refractivity contribution >= 4 is 29.5 Å². The van der Waals surface area contributed by atoms with Crippen LogP contribution in [0.25, 0.3) is 0 Å². The Morgan fingerprint density at radius 1 is 1.29 bits per heavy atom. The zero-order valence-electron chi connectivity index (χ0n) is 17.4. The molecule has 2 saturated heterocycles. The maximum Gasteiger partial charge on any atom is 0.332 e. The van der Waals surface area contributed by atoms with Crippen LogP contribution < -0.4 is 10.6 Å². The summed E-state index contributed by atoms with van der Waals surface area (Å²) in [7, 11) is 1.65. The van der Waals surface area contributed by atoms with E-state index in [4.69, 9.17) is 4.74 Å². The Kier molecular flexibility index (Phi) is 6.41. The molecular formula is C19H24N4O7S. The molecule has 2 heterocycles. The summed E-state index contributed by atoms with van der Waals surface area (Å²) in [6.45, 7) is 4.76. The summed E-state index contributed by atoms with van der Waals surface area (Å²) in [5.41, 5.74) is 0.756. The number of likely N-dealkylation sites (N-methyl/N-ethyl adjacent to an activating group) is 1. The number of hydrogen-bond donors (Lipinski definition) is 2. The summed E-state index contributed by atoms with van der Waals surface area (Å²) in [4.78, 5) is 54.3. The molecule has 1 aromatic carbocycles. The fourth-order valence-corrected chi connectivity index (χ4v) is 5.45. The summed E-state index contributed by atoms with van der Waals surface area (Å²) in [6, 6.07) is 6.71. The summed E-state index contributed by atoms with van der Waals surface area (Å²) in [6.07, 6.45) is -1.41. The lowest BCUT2D eigenvalue weighted by Gasteiger charge is -2.44. The average molecular weight is 452 g/mol. The number of benzene rings is 1. The third-order valence-electron chi connectivity index (χ3n) is 5.16. The number of fused-ring (bicyclic) bond motifs is 1. The van der Waals surface area contributed by atoms with Crippen molar-refractivity contribution in [3.8, 4) is 0 Å². The van der Waals surface area contributed by atoms with E-state index < -0.39 is 51.5 Å². The van der Waals surface area contributed by atoms with Crippen LogP contribution in [0.1, 0.15) is 32.4 Å². The molecule has 0 saturated carbocycles. The molecular weight excluding hydrogens is 428 g/mol. The number of rotatable bonds is 8. The molecule has 2 N–H and O–H groups in total. The van der Waals surface area contributed by atoms with Crippen molar-refractivity contribution in [3.63, 3.8) is 0 Å². The molecule has 2 amide bonds. The Hall–Kier alpha value is -2.86. The highest BCUT2D eigenvalue weighted by molar-refractivity contribution is 8.01. The van der Waals surface area contributed by atoms with Crippen molar-refractivity contribution in [2.45, 2.75) is 55.3 Å². The number of hydrogen-bond acceptors (Lipinski definition) is 9. The Morgan fingerprint density at radius 2 is 1.94 bits per heavy atom. The van der Waals surface area contributed by atoms with Gasteiger partial charge in [-0.1, -0.05) is 30.3 Å². The molecule has 0 radical (unpaired) electrons. The molecule has 0 aliphatic carbocycles. The van der Waals surface area contributed by atoms with Gasteiger partial charge < -0.3 is 20.3 Å². The fraction of sp³-hybridized carbons (Fsp3) is 0.526. The summed E-state index contributed by atoms with van der Waals surface area (Å²) >= 11 is 1.36. The van der Waals surface area contributed by atoms with Crippen LogP contribution in [0.15, 0.2) is 30.3 Å². The van der Waals surface area contributed by atoms with E-state index in [1.807, 2.05) is 30.3 Å². The van der Waals surface area contributed by atoms with Crippen molar-refractivity contribution < 1.29 is 29.0 Å². The van der Waals surface area contributed by atoms with E-state index in [9.17, 15) is 24.5 Å². The average Bonchev–Trinajstić information content (AvgIpc) is 2.94. The predicted octanol–water partition coefficient (Wildman–Crippen LogP) is 0.592. The molecule has 2 fully saturated rings. The lowest BCUT2D eigenvalue weighted by atomic mass is 9.95. The van der Waals surface area contributed by atoms with Crippen molar-refractivity contribution in [1.82, 2.24) is 15.5 Å². The largest absolute Gasteiger partial charge is 0.434 e. The Balaban J connectivity index is 1.69. The molecule has 5 atom stereocenters. The van der Waals surface area contributed by atoms with Gasteiger partial charge in [-0.15, -0.1) is 21.9 Å². The highest BCUT2D eigenvalue weighted by Gasteiger charge is 2.64. The van der Waals surface area contributed by atoms with Gasteiger partial charge in [-0.2, -0.15) is 0 Å². The van der Waals surface area contributed by atoms with E-state index in [0.29, 0.717) is 0 Å². The second-order valence-electron chi connectivity index (χ2n) is 7.71. The van der Waals surface area contributed by atoms with E-state index in [0.717, 1.165) is 5.56 Å². The van der Waals surface area contributed by atoms with Gasteiger partial charge in [0.15, 0.2) is 0 Å². The van der Waals surface area contributed by atoms with Gasteiger partial charge in [-0.25, -0.2) is 4.79 Å². The van der Waals surface area contributed by atoms with Crippen LogP contribution in [0.2, 0.25) is 0 Å². The maximum absolute atomic E-state index is 12.8. The highest BCUT2D eigenvalue weighted by atomic mass is 32.2. The van der Waals surface area contributed by atoms with Crippen molar-refractivity contribution in [1.29, 1.82) is 0 Å². The number of carbonyl (C=O) groups excluding carboxylic acids is 3. The Labute approximate surface area is 182 Å². The van der Waals surface area contributed by atoms with Crippen LogP contribution in [0.5, 0.6) is 0 Å². The number of nitrogens with zero attached hydrogens (tertiary/aromatic N) is 2. The van der Waals surface area contributed by atoms with Gasteiger partial charge in [-0.3, -0.25) is 14.4 Å². The molecule has 1 aromatic rings. The molecule has 0 spiro atoms. The number of esters is 1. The molecule has 2 aliphatic heterocycles. The lowest BCUT2D eigenvalue weighted by Crippen LogP contribution is -2.71. The maximum atomic E-state index is 12.8. The van der Waals surface area contributed by atoms with Crippen LogP contribution in [0.3, 0.4) is 0 Å². The van der Waals surface area contributed by atoms with Crippen molar-refractivity contribution in [2.24, 2.45) is 0 Å². The first kappa shape index (κ1) is 22.8. The van der Waals surface area contributed by atoms with E-state index in [1.165, 1.54) is 23.6 Å². The molecule has 0 aromatic heterocycles. The van der Waals surface area contributed by atoms with Gasteiger partial charge in [0.1, 0.15) is 23.5 Å². The predicted molar refractivity (Wildman–Crippen MR) is 110 cm³/mol. The van der Waals surface area contributed by atoms with Crippen LogP contribution in [-0.2, 0) is 24.0 Å². The number of β-lactam (4-membered cyclic amide) rings is 1. The first-order valence-corrected chi connectivity index (χ1v) is 10.5. The monoisotopic (exact) mass is 452 g/mol. The third kappa shape index (κ3) is 4.44. The van der Waals surface area contributed by atoms with Gasteiger partial charge in [0, 0.05) is 4.75 Å². The summed E-state index contributed by atoms with van der Waals surface area (Å²) < 4.78 is 4.27. The van der Waals surface area contributed by atoms with Gasteiger partial charge in [0.2, 0.25) is 18.1 Å². The molecule has 12 heteroatoms. The van der Waals surface area contributed by atoms with E-state index in [2.05, 4.69) is 15.5 Å².